The molecule has 0 aliphatic heterocycles. The molecule has 0 saturated heterocycles. The number of aliphatic hydroxyl groups excluding tert-OH is 5. The Morgan fingerprint density at radius 2 is 1.41 bits per heavy atom. The molecule has 0 heterocycles. The lowest BCUT2D eigenvalue weighted by atomic mass is 9.43. The number of fused-ring (bicyclic) bond motifs is 5. The first-order valence-corrected chi connectivity index (χ1v) is 13.0. The van der Waals surface area contributed by atoms with Gasteiger partial charge >= 0.3 is 0 Å². The quantitative estimate of drug-likeness (QED) is 0.424. The summed E-state index contributed by atoms with van der Waals surface area (Å²) in [4.78, 5) is 0. The van der Waals surface area contributed by atoms with Crippen molar-refractivity contribution in [2.45, 2.75) is 104 Å². The monoisotopic (exact) mass is 450 g/mol. The standard InChI is InChI=1S/C27H46O5/c1-14(2)19(28)7-6-15(3)18-13-22(31)23-16-12-21(30)24-25(32)20(29)9-11-26(24,4)17(16)8-10-27(18,23)5/h6-7,14-25,28-32H,8-13H2,1-5H3/b7-6+/t15-,16-,17+,18-,19+,20+,21+,22-,23-,24?,25+,26-,27-/m1/s1. The fourth-order valence-corrected chi connectivity index (χ4v) is 8.96. The van der Waals surface area contributed by atoms with Crippen LogP contribution in [0.1, 0.15) is 73.1 Å². The van der Waals surface area contributed by atoms with Crippen molar-refractivity contribution in [2.75, 3.05) is 0 Å². The zero-order valence-electron chi connectivity index (χ0n) is 20.6. The van der Waals surface area contributed by atoms with Gasteiger partial charge in [-0.25, -0.2) is 0 Å². The molecule has 0 bridgehead atoms. The van der Waals surface area contributed by atoms with Crippen LogP contribution in [0.15, 0.2) is 12.2 Å². The normalized spacial score (nSPS) is 53.0. The molecule has 0 aromatic carbocycles. The maximum atomic E-state index is 11.3. The molecule has 1 unspecified atom stereocenters. The zero-order valence-corrected chi connectivity index (χ0v) is 20.6. The van der Waals surface area contributed by atoms with Crippen LogP contribution in [0.4, 0.5) is 0 Å². The van der Waals surface area contributed by atoms with E-state index < -0.39 is 24.4 Å². The minimum absolute atomic E-state index is 0.00281. The maximum absolute atomic E-state index is 11.3. The first-order chi connectivity index (χ1) is 14.9. The summed E-state index contributed by atoms with van der Waals surface area (Å²) < 4.78 is 0. The van der Waals surface area contributed by atoms with Crippen LogP contribution < -0.4 is 0 Å². The summed E-state index contributed by atoms with van der Waals surface area (Å²) in [6.07, 6.45) is 5.87. The molecule has 4 saturated carbocycles. The van der Waals surface area contributed by atoms with Gasteiger partial charge in [-0.1, -0.05) is 46.8 Å². The van der Waals surface area contributed by atoms with Crippen LogP contribution in [0, 0.1) is 52.3 Å². The van der Waals surface area contributed by atoms with Gasteiger partial charge in [0.05, 0.1) is 30.5 Å². The van der Waals surface area contributed by atoms with Crippen LogP contribution in [-0.2, 0) is 0 Å². The van der Waals surface area contributed by atoms with Gasteiger partial charge in [-0.3, -0.25) is 0 Å². The molecular formula is C27H46O5. The average Bonchev–Trinajstić information content (AvgIpc) is 2.99. The predicted molar refractivity (Wildman–Crippen MR) is 125 cm³/mol. The van der Waals surface area contributed by atoms with Crippen molar-refractivity contribution in [3.8, 4) is 0 Å². The van der Waals surface area contributed by atoms with Gasteiger partial charge in [-0.15, -0.1) is 0 Å². The highest BCUT2D eigenvalue weighted by molar-refractivity contribution is 5.15. The Hall–Kier alpha value is -0.460. The topological polar surface area (TPSA) is 101 Å². The van der Waals surface area contributed by atoms with E-state index in [0.717, 1.165) is 25.7 Å². The maximum Gasteiger partial charge on any atom is 0.0857 e. The van der Waals surface area contributed by atoms with E-state index in [1.54, 1.807) is 0 Å². The molecule has 13 atom stereocenters. The second kappa shape index (κ2) is 8.64. The first-order valence-electron chi connectivity index (χ1n) is 13.0. The lowest BCUT2D eigenvalue weighted by molar-refractivity contribution is -0.217. The third-order valence-corrected chi connectivity index (χ3v) is 10.7. The molecule has 4 aliphatic carbocycles. The van der Waals surface area contributed by atoms with E-state index in [0.29, 0.717) is 24.7 Å². The number of allylic oxidation sites excluding steroid dienone is 1. The van der Waals surface area contributed by atoms with E-state index in [9.17, 15) is 25.5 Å². The summed E-state index contributed by atoms with van der Waals surface area (Å²) in [5.74, 6) is 1.27. The van der Waals surface area contributed by atoms with Crippen molar-refractivity contribution in [2.24, 2.45) is 52.3 Å². The summed E-state index contributed by atoms with van der Waals surface area (Å²) >= 11 is 0. The lowest BCUT2D eigenvalue weighted by Gasteiger charge is -2.63. The Morgan fingerprint density at radius 1 is 0.781 bits per heavy atom. The third kappa shape index (κ3) is 3.71. The molecule has 0 aromatic rings. The molecule has 4 fully saturated rings. The van der Waals surface area contributed by atoms with E-state index >= 15 is 0 Å². The molecule has 184 valence electrons. The Bertz CT molecular complexity index is 708. The Labute approximate surface area is 193 Å². The van der Waals surface area contributed by atoms with Crippen molar-refractivity contribution in [1.82, 2.24) is 0 Å². The van der Waals surface area contributed by atoms with Gasteiger partial charge in [-0.05, 0) is 84.9 Å². The fourth-order valence-electron chi connectivity index (χ4n) is 8.96. The minimum atomic E-state index is -0.864. The average molecular weight is 451 g/mol. The highest BCUT2D eigenvalue weighted by Crippen LogP contribution is 2.68. The van der Waals surface area contributed by atoms with E-state index in [1.165, 1.54) is 0 Å². The van der Waals surface area contributed by atoms with Crippen LogP contribution in [0.2, 0.25) is 0 Å². The number of hydrogen-bond donors (Lipinski definition) is 5. The molecule has 0 amide bonds. The van der Waals surface area contributed by atoms with Gasteiger partial charge in [0.25, 0.3) is 0 Å². The highest BCUT2D eigenvalue weighted by atomic mass is 16.3. The molecule has 0 aromatic heterocycles. The predicted octanol–water partition coefficient (Wildman–Crippen LogP) is 3.13. The van der Waals surface area contributed by atoms with E-state index in [-0.39, 0.29) is 46.5 Å². The molecule has 32 heavy (non-hydrogen) atoms. The van der Waals surface area contributed by atoms with Crippen LogP contribution in [0.25, 0.3) is 0 Å². The van der Waals surface area contributed by atoms with Crippen LogP contribution >= 0.6 is 0 Å². The Morgan fingerprint density at radius 3 is 2.06 bits per heavy atom. The molecule has 5 nitrogen and oxygen atoms in total. The third-order valence-electron chi connectivity index (χ3n) is 10.7. The summed E-state index contributed by atoms with van der Waals surface area (Å²) in [6.45, 7) is 10.8. The SMILES string of the molecule is CC(C)[C@@H](O)/C=C/[C@@H](C)[C@H]1C[C@@H](O)[C@H]2[C@@H]3C[C@H](O)C4[C@@H](O)[C@@H](O)CC[C@]4(C)[C@H]3CC[C@@]21C. The molecular weight excluding hydrogens is 404 g/mol. The van der Waals surface area contributed by atoms with Gasteiger partial charge in [0.1, 0.15) is 0 Å². The van der Waals surface area contributed by atoms with Gasteiger partial charge in [0, 0.05) is 5.92 Å². The zero-order chi connectivity index (χ0) is 23.6. The second-order valence-electron chi connectivity index (χ2n) is 12.7. The van der Waals surface area contributed by atoms with E-state index in [4.69, 9.17) is 0 Å². The van der Waals surface area contributed by atoms with Crippen molar-refractivity contribution in [3.05, 3.63) is 12.2 Å². The minimum Gasteiger partial charge on any atom is -0.393 e. The Balaban J connectivity index is 1.60. The molecule has 5 N–H and O–H groups in total. The summed E-state index contributed by atoms with van der Waals surface area (Å²) in [7, 11) is 0. The summed E-state index contributed by atoms with van der Waals surface area (Å²) in [6, 6.07) is 0. The van der Waals surface area contributed by atoms with Crippen LogP contribution in [0.5, 0.6) is 0 Å². The smallest absolute Gasteiger partial charge is 0.0857 e. The summed E-state index contributed by atoms with van der Waals surface area (Å²) in [5.41, 5.74) is -0.199. The molecule has 0 spiro atoms. The van der Waals surface area contributed by atoms with Gasteiger partial charge < -0.3 is 25.5 Å². The van der Waals surface area contributed by atoms with Crippen molar-refractivity contribution < 1.29 is 25.5 Å². The van der Waals surface area contributed by atoms with Crippen molar-refractivity contribution in [3.63, 3.8) is 0 Å². The van der Waals surface area contributed by atoms with Crippen LogP contribution in [-0.4, -0.2) is 56.1 Å². The number of aliphatic hydroxyl groups is 5. The largest absolute Gasteiger partial charge is 0.393 e. The van der Waals surface area contributed by atoms with E-state index in [1.807, 2.05) is 19.9 Å². The lowest BCUT2D eigenvalue weighted by Crippen LogP contribution is -2.63. The van der Waals surface area contributed by atoms with Crippen molar-refractivity contribution >= 4 is 0 Å². The van der Waals surface area contributed by atoms with E-state index in [2.05, 4.69) is 26.8 Å². The van der Waals surface area contributed by atoms with Crippen LogP contribution in [0.3, 0.4) is 0 Å². The molecule has 5 heteroatoms. The van der Waals surface area contributed by atoms with Gasteiger partial charge in [-0.2, -0.15) is 0 Å². The first kappa shape index (κ1) is 24.7. The number of rotatable bonds is 4. The summed E-state index contributed by atoms with van der Waals surface area (Å²) in [5, 5.41) is 53.8. The fraction of sp³-hybridized carbons (Fsp3) is 0.926. The molecule has 0 radical (unpaired) electrons. The number of hydrogen-bond acceptors (Lipinski definition) is 5. The highest BCUT2D eigenvalue weighted by Gasteiger charge is 2.65. The van der Waals surface area contributed by atoms with Crippen molar-refractivity contribution in [1.29, 1.82) is 0 Å². The van der Waals surface area contributed by atoms with Gasteiger partial charge in [0.2, 0.25) is 0 Å². The second-order valence-corrected chi connectivity index (χ2v) is 12.7. The van der Waals surface area contributed by atoms with Gasteiger partial charge in [0.15, 0.2) is 0 Å². The molecule has 4 rings (SSSR count). The molecule has 4 aliphatic rings. The Kier molecular flexibility index (Phi) is 6.66.